The summed E-state index contributed by atoms with van der Waals surface area (Å²) < 4.78 is 27.5. The van der Waals surface area contributed by atoms with Crippen molar-refractivity contribution in [2.24, 2.45) is 0 Å². The Morgan fingerprint density at radius 1 is 1.03 bits per heavy atom. The highest BCUT2D eigenvalue weighted by Gasteiger charge is 2.23. The lowest BCUT2D eigenvalue weighted by molar-refractivity contribution is 0.0980. The average Bonchev–Trinajstić information content (AvgIpc) is 3.10. The topological polar surface area (TPSA) is 91.9 Å². The van der Waals surface area contributed by atoms with E-state index in [1.54, 1.807) is 18.2 Å². The molecule has 9 heteroatoms. The largest absolute Gasteiger partial charge is 0.342 e. The van der Waals surface area contributed by atoms with Crippen molar-refractivity contribution in [1.82, 2.24) is 14.7 Å². The third-order valence-corrected chi connectivity index (χ3v) is 6.77. The summed E-state index contributed by atoms with van der Waals surface area (Å²) in [5.74, 6) is -0.0682. The van der Waals surface area contributed by atoms with Crippen molar-refractivity contribution in [2.45, 2.75) is 18.2 Å². The molecule has 4 aromatic rings. The van der Waals surface area contributed by atoms with Crippen LogP contribution in [0.5, 0.6) is 0 Å². The number of fused-ring (bicyclic) bond motifs is 1. The number of benzene rings is 3. The molecule has 0 saturated heterocycles. The van der Waals surface area contributed by atoms with Crippen LogP contribution in [0, 0.1) is 6.92 Å². The maximum Gasteiger partial charge on any atom is 0.265 e. The van der Waals surface area contributed by atoms with Gasteiger partial charge in [0.25, 0.3) is 15.9 Å². The second-order valence-electron chi connectivity index (χ2n) is 6.97. The Hall–Kier alpha value is -2.87. The lowest BCUT2D eigenvalue weighted by Crippen LogP contribution is -2.31. The summed E-state index contributed by atoms with van der Waals surface area (Å²) in [4.78, 5) is 20.6. The van der Waals surface area contributed by atoms with Gasteiger partial charge in [0.1, 0.15) is 5.82 Å². The number of amides is 1. The van der Waals surface area contributed by atoms with E-state index in [9.17, 15) is 13.2 Å². The first kappa shape index (κ1) is 21.4. The van der Waals surface area contributed by atoms with E-state index in [-0.39, 0.29) is 10.5 Å². The minimum absolute atomic E-state index is 0.0606. The second kappa shape index (κ2) is 8.34. The van der Waals surface area contributed by atoms with Crippen LogP contribution in [0.4, 0.5) is 0 Å². The van der Waals surface area contributed by atoms with Crippen molar-refractivity contribution >= 4 is 50.2 Å². The third-order valence-electron chi connectivity index (χ3n) is 4.80. The van der Waals surface area contributed by atoms with E-state index in [2.05, 4.69) is 14.7 Å². The van der Waals surface area contributed by atoms with Crippen molar-refractivity contribution in [1.29, 1.82) is 0 Å². The van der Waals surface area contributed by atoms with Crippen LogP contribution in [0.25, 0.3) is 11.0 Å². The molecule has 158 valence electrons. The number of carbonyl (C=O) groups excluding carboxylic acids is 1. The minimum atomic E-state index is -4.08. The van der Waals surface area contributed by atoms with Gasteiger partial charge in [-0.2, -0.15) is 0 Å². The number of aromatic nitrogens is 2. The number of rotatable bonds is 5. The van der Waals surface area contributed by atoms with Gasteiger partial charge in [-0.15, -0.1) is 0 Å². The average molecular weight is 474 g/mol. The van der Waals surface area contributed by atoms with Crippen LogP contribution >= 0.6 is 23.2 Å². The number of hydrogen-bond donors (Lipinski definition) is 2. The maximum absolute atomic E-state index is 13.1. The van der Waals surface area contributed by atoms with E-state index in [0.717, 1.165) is 11.1 Å². The van der Waals surface area contributed by atoms with Gasteiger partial charge in [-0.05, 0) is 60.5 Å². The van der Waals surface area contributed by atoms with Gasteiger partial charge in [0.05, 0.1) is 15.9 Å². The summed E-state index contributed by atoms with van der Waals surface area (Å²) >= 11 is 12.2. The van der Waals surface area contributed by atoms with Crippen LogP contribution in [0.15, 0.2) is 65.6 Å². The number of hydrogen-bond acceptors (Lipinski definition) is 4. The van der Waals surface area contributed by atoms with Crippen LogP contribution in [0.3, 0.4) is 0 Å². The van der Waals surface area contributed by atoms with Gasteiger partial charge < -0.3 is 4.98 Å². The Labute approximate surface area is 189 Å². The van der Waals surface area contributed by atoms with Crippen molar-refractivity contribution in [3.63, 3.8) is 0 Å². The molecule has 0 atom stereocenters. The van der Waals surface area contributed by atoms with Crippen molar-refractivity contribution in [3.05, 3.63) is 93.2 Å². The predicted molar refractivity (Wildman–Crippen MR) is 121 cm³/mol. The molecule has 31 heavy (non-hydrogen) atoms. The lowest BCUT2D eigenvalue weighted by atomic mass is 9.97. The first-order chi connectivity index (χ1) is 14.7. The molecule has 0 aliphatic rings. The number of aromatic amines is 1. The standard InChI is InChI=1S/C22H17Cl2N3O3S/c1-13-25-20-11-10-17(18(21(20)26-13)12-14-4-2-3-5-19(14)24)22(28)27-31(29,30)16-8-6-15(23)7-9-16/h2-11H,12H2,1H3,(H,25,26)(H,27,28). The molecule has 3 aromatic carbocycles. The van der Waals surface area contributed by atoms with E-state index in [1.807, 2.05) is 25.1 Å². The van der Waals surface area contributed by atoms with E-state index < -0.39 is 15.9 Å². The first-order valence-electron chi connectivity index (χ1n) is 9.29. The number of carbonyl (C=O) groups is 1. The Balaban J connectivity index is 1.77. The van der Waals surface area contributed by atoms with Gasteiger partial charge in [-0.3, -0.25) is 4.79 Å². The summed E-state index contributed by atoms with van der Waals surface area (Å²) in [6, 6.07) is 16.1. The Morgan fingerprint density at radius 3 is 2.45 bits per heavy atom. The third kappa shape index (κ3) is 4.44. The second-order valence-corrected chi connectivity index (χ2v) is 9.49. The maximum atomic E-state index is 13.1. The highest BCUT2D eigenvalue weighted by molar-refractivity contribution is 7.90. The minimum Gasteiger partial charge on any atom is -0.342 e. The van der Waals surface area contributed by atoms with Crippen LogP contribution in [0.1, 0.15) is 27.3 Å². The van der Waals surface area contributed by atoms with Crippen LogP contribution < -0.4 is 4.72 Å². The highest BCUT2D eigenvalue weighted by atomic mass is 35.5. The Kier molecular flexibility index (Phi) is 5.75. The van der Waals surface area contributed by atoms with Gasteiger partial charge in [0.15, 0.2) is 0 Å². The van der Waals surface area contributed by atoms with E-state index in [4.69, 9.17) is 23.2 Å². The van der Waals surface area contributed by atoms with Gasteiger partial charge in [-0.25, -0.2) is 18.1 Å². The fourth-order valence-electron chi connectivity index (χ4n) is 3.33. The van der Waals surface area contributed by atoms with Crippen molar-refractivity contribution in [3.8, 4) is 0 Å². The van der Waals surface area contributed by atoms with E-state index in [1.165, 1.54) is 24.3 Å². The number of nitrogens with zero attached hydrogens (tertiary/aromatic N) is 1. The zero-order valence-electron chi connectivity index (χ0n) is 16.3. The molecular weight excluding hydrogens is 457 g/mol. The summed E-state index contributed by atoms with van der Waals surface area (Å²) in [6.45, 7) is 1.81. The summed E-state index contributed by atoms with van der Waals surface area (Å²) in [7, 11) is -4.08. The van der Waals surface area contributed by atoms with Crippen molar-refractivity contribution in [2.75, 3.05) is 0 Å². The number of aryl methyl sites for hydroxylation is 1. The van der Waals surface area contributed by atoms with Crippen LogP contribution in [-0.2, 0) is 16.4 Å². The van der Waals surface area contributed by atoms with Gasteiger partial charge in [0, 0.05) is 22.0 Å². The molecule has 0 spiro atoms. The number of sulfonamides is 1. The molecule has 0 radical (unpaired) electrons. The zero-order valence-corrected chi connectivity index (χ0v) is 18.6. The fourth-order valence-corrected chi connectivity index (χ4v) is 4.62. The molecule has 0 fully saturated rings. The zero-order chi connectivity index (χ0) is 22.2. The number of H-pyrrole nitrogens is 1. The summed E-state index contributed by atoms with van der Waals surface area (Å²) in [5, 5.41) is 0.943. The molecule has 0 bridgehead atoms. The summed E-state index contributed by atoms with van der Waals surface area (Å²) in [6.07, 6.45) is 0.311. The molecular formula is C22H17Cl2N3O3S. The monoisotopic (exact) mass is 473 g/mol. The molecule has 6 nitrogen and oxygen atoms in total. The molecule has 0 unspecified atom stereocenters. The highest BCUT2D eigenvalue weighted by Crippen LogP contribution is 2.27. The number of nitrogens with one attached hydrogen (secondary N) is 2. The Morgan fingerprint density at radius 2 is 1.74 bits per heavy atom. The van der Waals surface area contributed by atoms with E-state index >= 15 is 0 Å². The first-order valence-corrected chi connectivity index (χ1v) is 11.5. The molecule has 1 aromatic heterocycles. The molecule has 0 aliphatic heterocycles. The molecule has 0 aliphatic carbocycles. The SMILES string of the molecule is Cc1nc2c(Cc3ccccc3Cl)c(C(=O)NS(=O)(=O)c3ccc(Cl)cc3)ccc2[nH]1. The molecule has 2 N–H and O–H groups in total. The normalized spacial score (nSPS) is 11.6. The molecule has 4 rings (SSSR count). The molecule has 1 heterocycles. The van der Waals surface area contributed by atoms with E-state index in [0.29, 0.717) is 33.4 Å². The van der Waals surface area contributed by atoms with Crippen LogP contribution in [-0.4, -0.2) is 24.3 Å². The summed E-state index contributed by atoms with van der Waals surface area (Å²) in [5.41, 5.74) is 2.92. The predicted octanol–water partition coefficient (Wildman–Crippen LogP) is 4.89. The van der Waals surface area contributed by atoms with Crippen LogP contribution in [0.2, 0.25) is 10.0 Å². The Bertz CT molecular complexity index is 1400. The number of halogens is 2. The van der Waals surface area contributed by atoms with Crippen molar-refractivity contribution < 1.29 is 13.2 Å². The molecule has 1 amide bonds. The molecule has 0 saturated carbocycles. The van der Waals surface area contributed by atoms with Gasteiger partial charge in [-0.1, -0.05) is 41.4 Å². The van der Waals surface area contributed by atoms with Gasteiger partial charge >= 0.3 is 0 Å². The lowest BCUT2D eigenvalue weighted by Gasteiger charge is -2.12. The van der Waals surface area contributed by atoms with Gasteiger partial charge in [0.2, 0.25) is 0 Å². The fraction of sp³-hybridized carbons (Fsp3) is 0.0909. The number of imidazole rings is 1. The smallest absolute Gasteiger partial charge is 0.265 e. The quantitative estimate of drug-likeness (QED) is 0.431.